The second kappa shape index (κ2) is 9.77. The minimum atomic E-state index is -0.0951. The molecule has 0 radical (unpaired) electrons. The maximum absolute atomic E-state index is 13.3. The van der Waals surface area contributed by atoms with Gasteiger partial charge in [0.25, 0.3) is 5.56 Å². The van der Waals surface area contributed by atoms with Gasteiger partial charge in [0.05, 0.1) is 17.4 Å². The van der Waals surface area contributed by atoms with E-state index in [-0.39, 0.29) is 11.5 Å². The first-order valence-corrected chi connectivity index (χ1v) is 12.0. The fourth-order valence-corrected chi connectivity index (χ4v) is 4.67. The highest BCUT2D eigenvalue weighted by molar-refractivity contribution is 5.80. The quantitative estimate of drug-likeness (QED) is 0.439. The van der Waals surface area contributed by atoms with Crippen LogP contribution in [-0.2, 0) is 17.8 Å². The number of hydrogen-bond donors (Lipinski definition) is 1. The molecule has 8 heteroatoms. The van der Waals surface area contributed by atoms with Crippen LogP contribution in [0.15, 0.2) is 53.3 Å². The van der Waals surface area contributed by atoms with E-state index in [4.69, 9.17) is 0 Å². The first kappa shape index (κ1) is 22.3. The van der Waals surface area contributed by atoms with Crippen LogP contribution in [0.2, 0.25) is 0 Å². The van der Waals surface area contributed by atoms with Gasteiger partial charge in [-0.3, -0.25) is 18.6 Å². The summed E-state index contributed by atoms with van der Waals surface area (Å²) in [6.45, 7) is 6.26. The van der Waals surface area contributed by atoms with Gasteiger partial charge < -0.3 is 10.2 Å². The molecule has 176 valence electrons. The minimum Gasteiger partial charge on any atom is -0.355 e. The van der Waals surface area contributed by atoms with Crippen LogP contribution in [0.4, 0.5) is 0 Å². The lowest BCUT2D eigenvalue weighted by atomic mass is 10.1. The van der Waals surface area contributed by atoms with Crippen molar-refractivity contribution in [1.82, 2.24) is 29.4 Å². The normalized spacial score (nSPS) is 14.3. The molecule has 0 aliphatic carbocycles. The molecule has 1 aliphatic rings. The summed E-state index contributed by atoms with van der Waals surface area (Å²) in [5.74, 6) is 1.18. The summed E-state index contributed by atoms with van der Waals surface area (Å²) in [4.78, 5) is 28.2. The zero-order valence-corrected chi connectivity index (χ0v) is 19.5. The smallest absolute Gasteiger partial charge is 0.263 e. The topological polar surface area (TPSA) is 84.5 Å². The molecular formula is C26H30N6O2. The van der Waals surface area contributed by atoms with Gasteiger partial charge >= 0.3 is 0 Å². The van der Waals surface area contributed by atoms with Gasteiger partial charge in [0, 0.05) is 25.9 Å². The van der Waals surface area contributed by atoms with E-state index in [9.17, 15) is 9.59 Å². The maximum atomic E-state index is 13.3. The first-order chi connectivity index (χ1) is 16.6. The van der Waals surface area contributed by atoms with Gasteiger partial charge in [-0.15, -0.1) is 10.2 Å². The van der Waals surface area contributed by atoms with Crippen LogP contribution in [0.5, 0.6) is 0 Å². The molecule has 8 nitrogen and oxygen atoms in total. The molecule has 3 heterocycles. The molecule has 4 aromatic rings. The number of aryl methyl sites for hydroxylation is 2. The zero-order valence-electron chi connectivity index (χ0n) is 19.5. The second-order valence-electron chi connectivity index (χ2n) is 9.04. The van der Waals surface area contributed by atoms with E-state index in [0.717, 1.165) is 30.7 Å². The largest absolute Gasteiger partial charge is 0.355 e. The molecule has 1 aliphatic heterocycles. The lowest BCUT2D eigenvalue weighted by molar-refractivity contribution is -0.121. The van der Waals surface area contributed by atoms with Crippen LogP contribution in [-0.4, -0.2) is 56.2 Å². The summed E-state index contributed by atoms with van der Waals surface area (Å²) in [5, 5.41) is 12.4. The lowest BCUT2D eigenvalue weighted by Crippen LogP contribution is -2.33. The lowest BCUT2D eigenvalue weighted by Gasteiger charge is -2.14. The second-order valence-corrected chi connectivity index (χ2v) is 9.04. The van der Waals surface area contributed by atoms with Crippen LogP contribution in [0.3, 0.4) is 0 Å². The molecule has 0 saturated carbocycles. The van der Waals surface area contributed by atoms with Crippen molar-refractivity contribution in [3.05, 3.63) is 75.8 Å². The molecule has 2 aromatic heterocycles. The standard InChI is InChI=1S/C26H30N6O2/c1-19-8-10-20(11-9-19)18-31-25(34)21-6-2-3-7-22(21)32-23(28-29-26(31)32)12-13-24(33)27-14-17-30-15-4-5-16-30/h2-3,6-11H,4-5,12-18H2,1H3,(H,27,33). The van der Waals surface area contributed by atoms with Gasteiger partial charge in [0.2, 0.25) is 11.7 Å². The number of likely N-dealkylation sites (tertiary alicyclic amines) is 1. The SMILES string of the molecule is Cc1ccc(Cn2c(=O)c3ccccc3n3c(CCC(=O)NCCN4CCCC4)nnc23)cc1. The number of carbonyl (C=O) groups is 1. The Hall–Kier alpha value is -3.52. The van der Waals surface area contributed by atoms with Crippen molar-refractivity contribution < 1.29 is 4.79 Å². The number of aromatic nitrogens is 4. The van der Waals surface area contributed by atoms with E-state index in [1.165, 1.54) is 18.4 Å². The van der Waals surface area contributed by atoms with Crippen molar-refractivity contribution in [2.75, 3.05) is 26.2 Å². The molecule has 0 spiro atoms. The Balaban J connectivity index is 1.39. The average molecular weight is 459 g/mol. The zero-order chi connectivity index (χ0) is 23.5. The fraction of sp³-hybridized carbons (Fsp3) is 0.385. The van der Waals surface area contributed by atoms with E-state index < -0.39 is 0 Å². The molecule has 0 bridgehead atoms. The number of hydrogen-bond acceptors (Lipinski definition) is 5. The summed E-state index contributed by atoms with van der Waals surface area (Å²) >= 11 is 0. The summed E-state index contributed by atoms with van der Waals surface area (Å²) in [6, 6.07) is 15.6. The molecule has 1 amide bonds. The molecule has 0 atom stereocenters. The van der Waals surface area contributed by atoms with E-state index in [1.54, 1.807) is 4.57 Å². The van der Waals surface area contributed by atoms with Crippen LogP contribution in [0.25, 0.3) is 16.7 Å². The van der Waals surface area contributed by atoms with Gasteiger partial charge in [0.15, 0.2) is 0 Å². The fourth-order valence-electron chi connectivity index (χ4n) is 4.67. The number of para-hydroxylation sites is 1. The molecule has 0 unspecified atom stereocenters. The molecule has 1 fully saturated rings. The maximum Gasteiger partial charge on any atom is 0.263 e. The Kier molecular flexibility index (Phi) is 6.40. The van der Waals surface area contributed by atoms with E-state index in [2.05, 4.69) is 20.4 Å². The Morgan fingerprint density at radius 1 is 1.03 bits per heavy atom. The Labute approximate surface area is 198 Å². The van der Waals surface area contributed by atoms with Crippen LogP contribution < -0.4 is 10.9 Å². The predicted octanol–water partition coefficient (Wildman–Crippen LogP) is 2.55. The van der Waals surface area contributed by atoms with E-state index in [1.807, 2.05) is 59.9 Å². The van der Waals surface area contributed by atoms with E-state index >= 15 is 0 Å². The van der Waals surface area contributed by atoms with Crippen molar-refractivity contribution in [3.8, 4) is 0 Å². The van der Waals surface area contributed by atoms with Crippen molar-refractivity contribution in [1.29, 1.82) is 0 Å². The van der Waals surface area contributed by atoms with Crippen molar-refractivity contribution in [2.45, 2.75) is 39.2 Å². The van der Waals surface area contributed by atoms with Crippen LogP contribution in [0.1, 0.15) is 36.2 Å². The van der Waals surface area contributed by atoms with E-state index in [0.29, 0.717) is 42.9 Å². The van der Waals surface area contributed by atoms with Gasteiger partial charge in [-0.05, 0) is 50.6 Å². The Morgan fingerprint density at radius 3 is 2.59 bits per heavy atom. The summed E-state index contributed by atoms with van der Waals surface area (Å²) in [6.07, 6.45) is 3.27. The highest BCUT2D eigenvalue weighted by atomic mass is 16.1. The molecule has 2 aromatic carbocycles. The number of fused-ring (bicyclic) bond motifs is 3. The van der Waals surface area contributed by atoms with Crippen LogP contribution in [0, 0.1) is 6.92 Å². The molecule has 1 saturated heterocycles. The first-order valence-electron chi connectivity index (χ1n) is 12.0. The summed E-state index contributed by atoms with van der Waals surface area (Å²) in [7, 11) is 0. The molecular weight excluding hydrogens is 428 g/mol. The third-order valence-electron chi connectivity index (χ3n) is 6.56. The highest BCUT2D eigenvalue weighted by Crippen LogP contribution is 2.17. The number of benzene rings is 2. The molecule has 34 heavy (non-hydrogen) atoms. The molecule has 1 N–H and O–H groups in total. The number of carbonyl (C=O) groups excluding carboxylic acids is 1. The molecule has 5 rings (SSSR count). The van der Waals surface area contributed by atoms with Crippen LogP contribution >= 0.6 is 0 Å². The van der Waals surface area contributed by atoms with Gasteiger partial charge in [-0.25, -0.2) is 0 Å². The monoisotopic (exact) mass is 458 g/mol. The minimum absolute atomic E-state index is 0.00762. The Morgan fingerprint density at radius 2 is 1.79 bits per heavy atom. The number of rotatable bonds is 8. The average Bonchev–Trinajstić information content (AvgIpc) is 3.52. The third-order valence-corrected chi connectivity index (χ3v) is 6.56. The summed E-state index contributed by atoms with van der Waals surface area (Å²) < 4.78 is 3.59. The van der Waals surface area contributed by atoms with Gasteiger partial charge in [-0.2, -0.15) is 0 Å². The van der Waals surface area contributed by atoms with Crippen molar-refractivity contribution in [2.24, 2.45) is 0 Å². The number of nitrogens with one attached hydrogen (secondary N) is 1. The number of nitrogens with zero attached hydrogens (tertiary/aromatic N) is 5. The number of amides is 1. The highest BCUT2D eigenvalue weighted by Gasteiger charge is 2.17. The van der Waals surface area contributed by atoms with Gasteiger partial charge in [-0.1, -0.05) is 42.0 Å². The van der Waals surface area contributed by atoms with Crippen molar-refractivity contribution in [3.63, 3.8) is 0 Å². The predicted molar refractivity (Wildman–Crippen MR) is 132 cm³/mol. The Bertz CT molecular complexity index is 1370. The van der Waals surface area contributed by atoms with Crippen molar-refractivity contribution >= 4 is 22.6 Å². The summed E-state index contributed by atoms with van der Waals surface area (Å²) in [5.41, 5.74) is 2.86. The third kappa shape index (κ3) is 4.59. The van der Waals surface area contributed by atoms with Gasteiger partial charge in [0.1, 0.15) is 5.82 Å².